The fourth-order valence-electron chi connectivity index (χ4n) is 6.31. The summed E-state index contributed by atoms with van der Waals surface area (Å²) in [6.45, 7) is 6.07. The molecule has 8 heteroatoms. The number of aliphatic hydroxyl groups excluding tert-OH is 1. The van der Waals surface area contributed by atoms with Crippen LogP contribution in [0.25, 0.3) is 28.3 Å². The molecule has 38 heavy (non-hydrogen) atoms. The molecular weight excluding hydrogens is 474 g/mol. The van der Waals surface area contributed by atoms with Gasteiger partial charge in [0.1, 0.15) is 6.33 Å². The van der Waals surface area contributed by atoms with E-state index in [1.165, 1.54) is 17.7 Å². The normalized spacial score (nSPS) is 19.5. The SMILES string of the molecule is N#Cc1ccc(-c2cc3n(c2)Cc2cc(N4CC[C@H](CN5CCC(O)CC5)C4)ccc2-n2cnnc2-3)cc1. The van der Waals surface area contributed by atoms with E-state index < -0.39 is 0 Å². The van der Waals surface area contributed by atoms with E-state index in [1.54, 1.807) is 6.33 Å². The Morgan fingerprint density at radius 2 is 1.82 bits per heavy atom. The molecule has 4 aromatic rings. The first-order valence-corrected chi connectivity index (χ1v) is 13.5. The molecule has 192 valence electrons. The number of fused-ring (bicyclic) bond motifs is 5. The van der Waals surface area contributed by atoms with Crippen molar-refractivity contribution in [3.63, 3.8) is 0 Å². The van der Waals surface area contributed by atoms with Gasteiger partial charge in [-0.3, -0.25) is 4.57 Å². The smallest absolute Gasteiger partial charge is 0.185 e. The maximum Gasteiger partial charge on any atom is 0.185 e. The van der Waals surface area contributed by atoms with Crippen LogP contribution in [0.5, 0.6) is 0 Å². The highest BCUT2D eigenvalue weighted by Gasteiger charge is 2.28. The van der Waals surface area contributed by atoms with E-state index in [1.807, 2.05) is 24.3 Å². The third-order valence-corrected chi connectivity index (χ3v) is 8.41. The molecule has 2 aromatic heterocycles. The predicted octanol–water partition coefficient (Wildman–Crippen LogP) is 3.92. The molecule has 0 aliphatic carbocycles. The Hall–Kier alpha value is -3.93. The van der Waals surface area contributed by atoms with Crippen LogP contribution < -0.4 is 4.90 Å². The predicted molar refractivity (Wildman–Crippen MR) is 146 cm³/mol. The lowest BCUT2D eigenvalue weighted by atomic mass is 10.0. The summed E-state index contributed by atoms with van der Waals surface area (Å²) >= 11 is 0. The zero-order valence-corrected chi connectivity index (χ0v) is 21.4. The second-order valence-corrected chi connectivity index (χ2v) is 10.9. The number of piperidine rings is 1. The Bertz CT molecular complexity index is 1500. The maximum absolute atomic E-state index is 9.83. The molecule has 0 amide bonds. The van der Waals surface area contributed by atoms with Crippen LogP contribution >= 0.6 is 0 Å². The highest BCUT2D eigenvalue weighted by molar-refractivity contribution is 5.72. The molecule has 7 rings (SSSR count). The van der Waals surface area contributed by atoms with Crippen molar-refractivity contribution >= 4 is 5.69 Å². The van der Waals surface area contributed by atoms with Crippen molar-refractivity contribution in [2.75, 3.05) is 37.6 Å². The minimum atomic E-state index is -0.113. The maximum atomic E-state index is 9.83. The summed E-state index contributed by atoms with van der Waals surface area (Å²) in [4.78, 5) is 5.06. The largest absolute Gasteiger partial charge is 0.393 e. The van der Waals surface area contributed by atoms with Crippen molar-refractivity contribution in [2.24, 2.45) is 5.92 Å². The van der Waals surface area contributed by atoms with E-state index in [0.717, 1.165) is 80.4 Å². The zero-order chi connectivity index (χ0) is 25.6. The number of anilines is 1. The highest BCUT2D eigenvalue weighted by Crippen LogP contribution is 2.36. The van der Waals surface area contributed by atoms with E-state index in [0.29, 0.717) is 11.5 Å². The standard InChI is InChI=1S/C30H31N7O/c31-15-21-1-3-23(4-2-21)24-14-29-30-33-32-20-37(30)28-6-5-26(13-25(28)19-36(29)18-24)35-12-7-22(17-35)16-34-10-8-27(38)9-11-34/h1-6,13-14,18,20,22,27,38H,7-12,16-17,19H2/t22-/m1/s1. The summed E-state index contributed by atoms with van der Waals surface area (Å²) in [5.41, 5.74) is 7.53. The van der Waals surface area contributed by atoms with Gasteiger partial charge in [0, 0.05) is 56.7 Å². The number of nitrogens with zero attached hydrogens (tertiary/aromatic N) is 7. The molecule has 1 N–H and O–H groups in total. The first-order chi connectivity index (χ1) is 18.6. The quantitative estimate of drug-likeness (QED) is 0.399. The van der Waals surface area contributed by atoms with Gasteiger partial charge in [-0.25, -0.2) is 0 Å². The Morgan fingerprint density at radius 3 is 2.63 bits per heavy atom. The number of aromatic nitrogens is 4. The number of benzene rings is 2. The summed E-state index contributed by atoms with van der Waals surface area (Å²) in [5, 5.41) is 27.7. The van der Waals surface area contributed by atoms with Crippen LogP contribution in [0.3, 0.4) is 0 Å². The second kappa shape index (κ2) is 9.43. The fourth-order valence-corrected chi connectivity index (χ4v) is 6.31. The molecule has 3 aliphatic rings. The molecule has 0 radical (unpaired) electrons. The van der Waals surface area contributed by atoms with Gasteiger partial charge in [0.25, 0.3) is 0 Å². The molecule has 0 saturated carbocycles. The Balaban J connectivity index is 1.15. The molecule has 5 heterocycles. The number of hydrogen-bond acceptors (Lipinski definition) is 6. The summed E-state index contributed by atoms with van der Waals surface area (Å²) in [7, 11) is 0. The molecule has 0 unspecified atom stereocenters. The van der Waals surface area contributed by atoms with Gasteiger partial charge in [0.2, 0.25) is 0 Å². The third kappa shape index (κ3) is 4.18. The van der Waals surface area contributed by atoms with Gasteiger partial charge in [-0.05, 0) is 72.7 Å². The molecule has 3 aliphatic heterocycles. The van der Waals surface area contributed by atoms with Gasteiger partial charge in [0.15, 0.2) is 5.82 Å². The van der Waals surface area contributed by atoms with Crippen LogP contribution in [0, 0.1) is 17.2 Å². The molecule has 2 fully saturated rings. The minimum Gasteiger partial charge on any atom is -0.393 e. The van der Waals surface area contributed by atoms with Crippen LogP contribution in [0.2, 0.25) is 0 Å². The van der Waals surface area contributed by atoms with Gasteiger partial charge in [-0.2, -0.15) is 5.26 Å². The van der Waals surface area contributed by atoms with Crippen molar-refractivity contribution < 1.29 is 5.11 Å². The van der Waals surface area contributed by atoms with Gasteiger partial charge in [-0.1, -0.05) is 12.1 Å². The van der Waals surface area contributed by atoms with Crippen molar-refractivity contribution in [1.82, 2.24) is 24.2 Å². The van der Waals surface area contributed by atoms with Crippen molar-refractivity contribution in [1.29, 1.82) is 5.26 Å². The molecular formula is C30H31N7O. The van der Waals surface area contributed by atoms with Gasteiger partial charge >= 0.3 is 0 Å². The Morgan fingerprint density at radius 1 is 0.974 bits per heavy atom. The lowest BCUT2D eigenvalue weighted by Gasteiger charge is -2.31. The molecule has 0 bridgehead atoms. The summed E-state index contributed by atoms with van der Waals surface area (Å²) < 4.78 is 4.36. The number of aliphatic hydroxyl groups is 1. The van der Waals surface area contributed by atoms with E-state index >= 15 is 0 Å². The van der Waals surface area contributed by atoms with E-state index in [-0.39, 0.29) is 6.10 Å². The number of rotatable bonds is 4. The molecule has 2 aromatic carbocycles. The minimum absolute atomic E-state index is 0.113. The van der Waals surface area contributed by atoms with Crippen LogP contribution in [-0.4, -0.2) is 68.2 Å². The van der Waals surface area contributed by atoms with Crippen LogP contribution in [0.4, 0.5) is 5.69 Å². The monoisotopic (exact) mass is 505 g/mol. The Kier molecular flexibility index (Phi) is 5.76. The number of nitriles is 1. The van der Waals surface area contributed by atoms with E-state index in [9.17, 15) is 5.11 Å². The highest BCUT2D eigenvalue weighted by atomic mass is 16.3. The molecule has 2 saturated heterocycles. The van der Waals surface area contributed by atoms with Gasteiger partial charge in [0.05, 0.1) is 29.1 Å². The number of hydrogen-bond donors (Lipinski definition) is 1. The number of likely N-dealkylation sites (tertiary alicyclic amines) is 1. The first-order valence-electron chi connectivity index (χ1n) is 13.5. The van der Waals surface area contributed by atoms with E-state index in [2.05, 4.69) is 65.7 Å². The Labute approximate surface area is 222 Å². The average molecular weight is 506 g/mol. The van der Waals surface area contributed by atoms with Crippen molar-refractivity contribution in [3.05, 3.63) is 72.2 Å². The third-order valence-electron chi connectivity index (χ3n) is 8.41. The van der Waals surface area contributed by atoms with Crippen LogP contribution in [0.1, 0.15) is 30.4 Å². The van der Waals surface area contributed by atoms with Crippen LogP contribution in [0.15, 0.2) is 61.1 Å². The van der Waals surface area contributed by atoms with E-state index in [4.69, 9.17) is 5.26 Å². The molecule has 0 spiro atoms. The zero-order valence-electron chi connectivity index (χ0n) is 21.4. The average Bonchev–Trinajstić information content (AvgIpc) is 3.69. The summed E-state index contributed by atoms with van der Waals surface area (Å²) in [6.07, 6.45) is 6.89. The summed E-state index contributed by atoms with van der Waals surface area (Å²) in [6, 6.07) is 18.9. The first kappa shape index (κ1) is 23.2. The van der Waals surface area contributed by atoms with Crippen molar-refractivity contribution in [2.45, 2.75) is 31.9 Å². The lowest BCUT2D eigenvalue weighted by Crippen LogP contribution is -2.39. The lowest BCUT2D eigenvalue weighted by molar-refractivity contribution is 0.0762. The molecule has 8 nitrogen and oxygen atoms in total. The van der Waals surface area contributed by atoms with Crippen molar-refractivity contribution in [3.8, 4) is 34.4 Å². The van der Waals surface area contributed by atoms with Gasteiger partial charge < -0.3 is 19.5 Å². The topological polar surface area (TPSA) is 86.1 Å². The van der Waals surface area contributed by atoms with Crippen LogP contribution in [-0.2, 0) is 6.54 Å². The van der Waals surface area contributed by atoms with Gasteiger partial charge in [-0.15, -0.1) is 10.2 Å². The fraction of sp³-hybridized carbons (Fsp3) is 0.367. The molecule has 1 atom stereocenters. The second-order valence-electron chi connectivity index (χ2n) is 10.9. The summed E-state index contributed by atoms with van der Waals surface area (Å²) in [5.74, 6) is 1.50.